The fraction of sp³-hybridized carbons (Fsp3) is 0.778. The Hall–Kier alpha value is -2.42. The molecule has 1 N–H and O–H groups in total. The van der Waals surface area contributed by atoms with Crippen LogP contribution < -0.4 is 5.32 Å². The van der Waals surface area contributed by atoms with Crippen molar-refractivity contribution < 1.29 is 14.4 Å². The summed E-state index contributed by atoms with van der Waals surface area (Å²) in [5.41, 5.74) is -0.590. The zero-order chi connectivity index (χ0) is 30.5. The molecular formula is C36H51N3O3. The van der Waals surface area contributed by atoms with E-state index in [9.17, 15) is 19.6 Å². The molecule has 0 unspecified atom stereocenters. The number of fused-ring (bicyclic) bond motifs is 7. The summed E-state index contributed by atoms with van der Waals surface area (Å²) in [6, 6.07) is 2.26. The molecule has 0 aromatic rings. The molecule has 1 saturated heterocycles. The van der Waals surface area contributed by atoms with Gasteiger partial charge in [-0.05, 0) is 98.4 Å². The van der Waals surface area contributed by atoms with E-state index < -0.39 is 10.8 Å². The Kier molecular flexibility index (Phi) is 6.56. The Morgan fingerprint density at radius 1 is 0.952 bits per heavy atom. The minimum Gasteiger partial charge on any atom is -0.332 e. The van der Waals surface area contributed by atoms with Crippen LogP contribution in [0.25, 0.3) is 0 Å². The molecule has 0 bridgehead atoms. The van der Waals surface area contributed by atoms with E-state index in [0.717, 1.165) is 76.5 Å². The molecule has 228 valence electrons. The lowest BCUT2D eigenvalue weighted by atomic mass is 9.35. The van der Waals surface area contributed by atoms with Gasteiger partial charge < -0.3 is 10.2 Å². The molecule has 0 aromatic carbocycles. The second-order valence-corrected chi connectivity index (χ2v) is 16.9. The quantitative estimate of drug-likeness (QED) is 0.361. The van der Waals surface area contributed by atoms with Crippen LogP contribution in [0.1, 0.15) is 113 Å². The van der Waals surface area contributed by atoms with E-state index in [0.29, 0.717) is 0 Å². The lowest BCUT2D eigenvalue weighted by Crippen LogP contribution is -2.70. The zero-order valence-corrected chi connectivity index (χ0v) is 27.0. The molecule has 42 heavy (non-hydrogen) atoms. The Morgan fingerprint density at radius 3 is 2.29 bits per heavy atom. The Labute approximate surface area is 252 Å². The van der Waals surface area contributed by atoms with E-state index in [1.54, 1.807) is 0 Å². The van der Waals surface area contributed by atoms with Gasteiger partial charge in [-0.3, -0.25) is 9.59 Å². The number of nitrogens with one attached hydrogen (secondary N) is 1. The number of likely N-dealkylation sites (tertiary alicyclic amines) is 1. The number of nitrogens with zero attached hydrogens (tertiary/aromatic N) is 2. The zero-order valence-electron chi connectivity index (χ0n) is 27.0. The number of hydrogen-bond donors (Lipinski definition) is 1. The lowest BCUT2D eigenvalue weighted by molar-refractivity contribution is -0.160. The summed E-state index contributed by atoms with van der Waals surface area (Å²) >= 11 is 0. The fourth-order valence-electron chi connectivity index (χ4n) is 11.2. The van der Waals surface area contributed by atoms with Gasteiger partial charge in [0.1, 0.15) is 6.07 Å². The molecule has 6 rings (SSSR count). The normalized spacial score (nSPS) is 43.9. The molecule has 0 spiro atoms. The van der Waals surface area contributed by atoms with E-state index >= 15 is 0 Å². The van der Waals surface area contributed by atoms with Crippen LogP contribution in [0.4, 0.5) is 4.79 Å². The summed E-state index contributed by atoms with van der Waals surface area (Å²) in [4.78, 5) is 43.7. The first-order valence-electron chi connectivity index (χ1n) is 16.6. The van der Waals surface area contributed by atoms with E-state index in [4.69, 9.17) is 0 Å². The van der Waals surface area contributed by atoms with Crippen molar-refractivity contribution in [2.45, 2.75) is 118 Å². The Bertz CT molecular complexity index is 1330. The third-order valence-electron chi connectivity index (χ3n) is 13.9. The predicted molar refractivity (Wildman–Crippen MR) is 163 cm³/mol. The Morgan fingerprint density at radius 2 is 1.62 bits per heavy atom. The summed E-state index contributed by atoms with van der Waals surface area (Å²) in [6.07, 6.45) is 13.7. The third-order valence-corrected chi connectivity index (χ3v) is 13.9. The minimum absolute atomic E-state index is 0.0435. The number of hydrogen-bond acceptors (Lipinski definition) is 4. The molecule has 6 aliphatic rings. The number of carbonyl (C=O) groups excluding carboxylic acids is 3. The fourth-order valence-corrected chi connectivity index (χ4v) is 11.2. The van der Waals surface area contributed by atoms with Gasteiger partial charge in [-0.25, -0.2) is 4.79 Å². The van der Waals surface area contributed by atoms with Crippen LogP contribution in [-0.2, 0) is 9.59 Å². The highest BCUT2D eigenvalue weighted by molar-refractivity contribution is 6.04. The van der Waals surface area contributed by atoms with Crippen molar-refractivity contribution in [3.05, 3.63) is 23.3 Å². The van der Waals surface area contributed by atoms with Gasteiger partial charge >= 0.3 is 6.03 Å². The predicted octanol–water partition coefficient (Wildman–Crippen LogP) is 7.15. The van der Waals surface area contributed by atoms with Crippen LogP contribution in [-0.4, -0.2) is 41.1 Å². The van der Waals surface area contributed by atoms with Gasteiger partial charge in [0.2, 0.25) is 0 Å². The number of allylic oxidation sites excluding steroid dienone is 4. The van der Waals surface area contributed by atoms with Gasteiger partial charge in [0.25, 0.3) is 0 Å². The second-order valence-electron chi connectivity index (χ2n) is 16.9. The second kappa shape index (κ2) is 9.29. The average molecular weight is 574 g/mol. The molecule has 6 nitrogen and oxygen atoms in total. The standard InChI is InChI=1S/C36H51N3O3/c1-31(2)13-15-36(38-30(42)39-17-9-8-10-18-39)16-14-35(7)28(24(36)21-31)25(40)19-27-33(5)20-23(22-37)29(41)32(3,4)26(33)11-12-34(27,35)6/h19-20,24,26,28H,8-18,21H2,1-7H3,(H,38,42)/t24-,26+,28+,33+,34-,35-,36+/m1/s1. The number of amides is 2. The van der Waals surface area contributed by atoms with Crippen LogP contribution in [0.3, 0.4) is 0 Å². The molecule has 2 amide bonds. The first-order valence-corrected chi connectivity index (χ1v) is 16.6. The molecule has 1 heterocycles. The minimum atomic E-state index is -0.661. The number of Topliss-reactive ketones (excluding diaryl/α,β-unsaturated/α-hetero) is 1. The van der Waals surface area contributed by atoms with Gasteiger partial charge in [-0.1, -0.05) is 60.1 Å². The monoisotopic (exact) mass is 573 g/mol. The van der Waals surface area contributed by atoms with Crippen LogP contribution in [0.15, 0.2) is 23.3 Å². The Balaban J connectivity index is 1.45. The van der Waals surface area contributed by atoms with Gasteiger partial charge in [0.05, 0.1) is 5.57 Å². The average Bonchev–Trinajstić information content (AvgIpc) is 2.93. The highest BCUT2D eigenvalue weighted by Crippen LogP contribution is 2.73. The molecule has 6 heteroatoms. The van der Waals surface area contributed by atoms with Gasteiger partial charge in [0.15, 0.2) is 11.6 Å². The number of ketones is 2. The molecule has 1 aliphatic heterocycles. The highest BCUT2D eigenvalue weighted by Gasteiger charge is 2.70. The van der Waals surface area contributed by atoms with Crippen molar-refractivity contribution in [3.63, 3.8) is 0 Å². The van der Waals surface area contributed by atoms with Crippen LogP contribution in [0.5, 0.6) is 0 Å². The highest BCUT2D eigenvalue weighted by atomic mass is 16.2. The smallest absolute Gasteiger partial charge is 0.317 e. The summed E-state index contributed by atoms with van der Waals surface area (Å²) in [6.45, 7) is 17.2. The van der Waals surface area contributed by atoms with E-state index in [1.807, 2.05) is 30.9 Å². The molecule has 3 saturated carbocycles. The number of nitriles is 1. The molecule has 5 aliphatic carbocycles. The third kappa shape index (κ3) is 3.90. The molecular weight excluding hydrogens is 522 g/mol. The van der Waals surface area contributed by atoms with Gasteiger partial charge in [-0.15, -0.1) is 0 Å². The lowest BCUT2D eigenvalue weighted by Gasteiger charge is -2.69. The summed E-state index contributed by atoms with van der Waals surface area (Å²) in [5.74, 6) is 0.0729. The largest absolute Gasteiger partial charge is 0.332 e. The van der Waals surface area contributed by atoms with E-state index in [2.05, 4.69) is 46.0 Å². The molecule has 0 radical (unpaired) electrons. The van der Waals surface area contributed by atoms with Crippen molar-refractivity contribution in [2.24, 2.45) is 44.8 Å². The van der Waals surface area contributed by atoms with Crippen molar-refractivity contribution >= 4 is 17.6 Å². The number of piperidine rings is 1. The van der Waals surface area contributed by atoms with E-state index in [1.165, 1.54) is 6.42 Å². The molecule has 4 fully saturated rings. The topological polar surface area (TPSA) is 90.3 Å². The maximum Gasteiger partial charge on any atom is 0.317 e. The SMILES string of the molecule is CC1(C)CC[C@]2(NC(=O)N3CCCCC3)CC[C@]3(C)[C@H](C(=O)C=C4[C@@]5(C)C=C(C#N)C(=O)C(C)(C)[C@@H]5CC[C@]43C)[C@H]2C1. The summed E-state index contributed by atoms with van der Waals surface area (Å²) < 4.78 is 0. The first-order chi connectivity index (χ1) is 19.5. The maximum absolute atomic E-state index is 14.7. The van der Waals surface area contributed by atoms with Crippen molar-refractivity contribution in [2.75, 3.05) is 13.1 Å². The summed E-state index contributed by atoms with van der Waals surface area (Å²) in [7, 11) is 0. The molecule has 7 atom stereocenters. The summed E-state index contributed by atoms with van der Waals surface area (Å²) in [5, 5.41) is 13.6. The number of rotatable bonds is 1. The number of urea groups is 1. The van der Waals surface area contributed by atoms with Gasteiger partial charge in [0, 0.05) is 35.4 Å². The van der Waals surface area contributed by atoms with Crippen molar-refractivity contribution in [3.8, 4) is 6.07 Å². The van der Waals surface area contributed by atoms with Crippen molar-refractivity contribution in [1.82, 2.24) is 10.2 Å². The molecule has 0 aromatic heterocycles. The van der Waals surface area contributed by atoms with Crippen LogP contribution >= 0.6 is 0 Å². The van der Waals surface area contributed by atoms with Crippen molar-refractivity contribution in [1.29, 1.82) is 5.26 Å². The maximum atomic E-state index is 14.7. The van der Waals surface area contributed by atoms with E-state index in [-0.39, 0.29) is 62.7 Å². The van der Waals surface area contributed by atoms with Crippen LogP contribution in [0.2, 0.25) is 0 Å². The van der Waals surface area contributed by atoms with Gasteiger partial charge in [-0.2, -0.15) is 5.26 Å². The number of carbonyl (C=O) groups is 3. The first kappa shape index (κ1) is 29.6. The van der Waals surface area contributed by atoms with Crippen LogP contribution in [0, 0.1) is 56.2 Å².